The summed E-state index contributed by atoms with van der Waals surface area (Å²) in [6, 6.07) is -0.0721. The summed E-state index contributed by atoms with van der Waals surface area (Å²) in [6.45, 7) is 2.69. The fourth-order valence-corrected chi connectivity index (χ4v) is 1.33. The lowest BCUT2D eigenvalue weighted by molar-refractivity contribution is 0.0380. The van der Waals surface area contributed by atoms with E-state index in [0.29, 0.717) is 6.54 Å². The van der Waals surface area contributed by atoms with Crippen molar-refractivity contribution in [2.24, 2.45) is 0 Å². The number of rotatable bonds is 8. The van der Waals surface area contributed by atoms with E-state index in [2.05, 4.69) is 12.2 Å². The molecule has 2 atom stereocenters. The molecule has 0 aromatic carbocycles. The van der Waals surface area contributed by atoms with Gasteiger partial charge in [-0.05, 0) is 6.42 Å². The quantitative estimate of drug-likeness (QED) is 0.495. The second-order valence-corrected chi connectivity index (χ2v) is 3.03. The maximum absolute atomic E-state index is 9.06. The van der Waals surface area contributed by atoms with Crippen LogP contribution in [0.15, 0.2) is 0 Å². The standard InChI is InChI=1S/C9H21NO3/c1-3-4-9(13-2)8(7-12)10-5-6-11/h8-12H,3-7H2,1-2H3. The first-order valence-electron chi connectivity index (χ1n) is 4.78. The molecule has 0 rings (SSSR count). The third-order valence-electron chi connectivity index (χ3n) is 2.04. The van der Waals surface area contributed by atoms with Gasteiger partial charge in [0.05, 0.1) is 25.4 Å². The monoisotopic (exact) mass is 191 g/mol. The van der Waals surface area contributed by atoms with Crippen molar-refractivity contribution in [3.63, 3.8) is 0 Å². The average molecular weight is 191 g/mol. The Morgan fingerprint density at radius 2 is 2.08 bits per heavy atom. The first-order chi connectivity index (χ1) is 6.29. The minimum absolute atomic E-state index is 0.0292. The number of nitrogens with one attached hydrogen (secondary N) is 1. The van der Waals surface area contributed by atoms with Crippen LogP contribution >= 0.6 is 0 Å². The summed E-state index contributed by atoms with van der Waals surface area (Å²) in [4.78, 5) is 0. The zero-order valence-corrected chi connectivity index (χ0v) is 8.49. The largest absolute Gasteiger partial charge is 0.395 e. The third-order valence-corrected chi connectivity index (χ3v) is 2.04. The van der Waals surface area contributed by atoms with E-state index in [1.165, 1.54) is 0 Å². The number of methoxy groups -OCH3 is 1. The van der Waals surface area contributed by atoms with Gasteiger partial charge in [0.1, 0.15) is 0 Å². The summed E-state index contributed by atoms with van der Waals surface area (Å²) < 4.78 is 5.24. The van der Waals surface area contributed by atoms with E-state index in [9.17, 15) is 0 Å². The maximum atomic E-state index is 9.06. The molecule has 0 aromatic rings. The van der Waals surface area contributed by atoms with Gasteiger partial charge in [-0.3, -0.25) is 0 Å². The summed E-state index contributed by atoms with van der Waals surface area (Å²) in [5.41, 5.74) is 0. The molecule has 0 spiro atoms. The van der Waals surface area contributed by atoms with Gasteiger partial charge >= 0.3 is 0 Å². The summed E-state index contributed by atoms with van der Waals surface area (Å²) in [5.74, 6) is 0. The highest BCUT2D eigenvalue weighted by Crippen LogP contribution is 2.05. The molecule has 13 heavy (non-hydrogen) atoms. The van der Waals surface area contributed by atoms with E-state index in [-0.39, 0.29) is 25.4 Å². The summed E-state index contributed by atoms with van der Waals surface area (Å²) >= 11 is 0. The zero-order valence-electron chi connectivity index (χ0n) is 8.49. The number of hydrogen-bond acceptors (Lipinski definition) is 4. The normalized spacial score (nSPS) is 15.7. The molecule has 0 saturated carbocycles. The van der Waals surface area contributed by atoms with Crippen LogP contribution < -0.4 is 5.32 Å². The van der Waals surface area contributed by atoms with Gasteiger partial charge in [-0.15, -0.1) is 0 Å². The van der Waals surface area contributed by atoms with Crippen molar-refractivity contribution in [2.75, 3.05) is 26.9 Å². The number of aliphatic hydroxyl groups is 2. The van der Waals surface area contributed by atoms with Gasteiger partial charge in [-0.2, -0.15) is 0 Å². The Hall–Kier alpha value is -0.160. The molecule has 0 aliphatic rings. The average Bonchev–Trinajstić information content (AvgIpc) is 2.17. The molecular formula is C9H21NO3. The molecule has 4 nitrogen and oxygen atoms in total. The maximum Gasteiger partial charge on any atom is 0.0746 e. The van der Waals surface area contributed by atoms with Crippen molar-refractivity contribution in [1.29, 1.82) is 0 Å². The van der Waals surface area contributed by atoms with Crippen LogP contribution in [0.3, 0.4) is 0 Å². The van der Waals surface area contributed by atoms with Gasteiger partial charge < -0.3 is 20.3 Å². The van der Waals surface area contributed by atoms with Gasteiger partial charge in [-0.25, -0.2) is 0 Å². The van der Waals surface area contributed by atoms with Gasteiger partial charge in [-0.1, -0.05) is 13.3 Å². The van der Waals surface area contributed by atoms with Gasteiger partial charge in [0.2, 0.25) is 0 Å². The lowest BCUT2D eigenvalue weighted by Crippen LogP contribution is -2.44. The topological polar surface area (TPSA) is 61.7 Å². The Morgan fingerprint density at radius 1 is 1.38 bits per heavy atom. The van der Waals surface area contributed by atoms with E-state index < -0.39 is 0 Å². The van der Waals surface area contributed by atoms with E-state index in [1.807, 2.05) is 0 Å². The first kappa shape index (κ1) is 12.8. The lowest BCUT2D eigenvalue weighted by Gasteiger charge is -2.24. The Labute approximate surface area is 79.9 Å². The summed E-state index contributed by atoms with van der Waals surface area (Å²) in [7, 11) is 1.64. The fourth-order valence-electron chi connectivity index (χ4n) is 1.33. The molecule has 0 aliphatic heterocycles. The van der Waals surface area contributed by atoms with Gasteiger partial charge in [0.15, 0.2) is 0 Å². The minimum atomic E-state index is -0.0721. The minimum Gasteiger partial charge on any atom is -0.395 e. The third kappa shape index (κ3) is 5.21. The molecule has 0 aliphatic carbocycles. The van der Waals surface area contributed by atoms with Crippen LogP contribution in [-0.2, 0) is 4.74 Å². The fraction of sp³-hybridized carbons (Fsp3) is 1.00. The van der Waals surface area contributed by atoms with Crippen molar-refractivity contribution in [2.45, 2.75) is 31.9 Å². The van der Waals surface area contributed by atoms with E-state index >= 15 is 0 Å². The van der Waals surface area contributed by atoms with Gasteiger partial charge in [0, 0.05) is 13.7 Å². The second kappa shape index (κ2) is 8.44. The molecule has 0 fully saturated rings. The lowest BCUT2D eigenvalue weighted by atomic mass is 10.1. The van der Waals surface area contributed by atoms with Crippen LogP contribution in [0, 0.1) is 0 Å². The highest BCUT2D eigenvalue weighted by molar-refractivity contribution is 4.75. The Kier molecular flexibility index (Phi) is 8.33. The molecule has 0 saturated heterocycles. The molecule has 0 radical (unpaired) electrons. The van der Waals surface area contributed by atoms with Crippen LogP contribution in [0.5, 0.6) is 0 Å². The smallest absolute Gasteiger partial charge is 0.0746 e. The van der Waals surface area contributed by atoms with Crippen LogP contribution in [0.25, 0.3) is 0 Å². The van der Waals surface area contributed by atoms with Crippen molar-refractivity contribution in [3.8, 4) is 0 Å². The Morgan fingerprint density at radius 3 is 2.46 bits per heavy atom. The molecule has 80 valence electrons. The Bertz CT molecular complexity index is 111. The van der Waals surface area contributed by atoms with Crippen LogP contribution in [-0.4, -0.2) is 49.2 Å². The van der Waals surface area contributed by atoms with Gasteiger partial charge in [0.25, 0.3) is 0 Å². The molecular weight excluding hydrogens is 170 g/mol. The van der Waals surface area contributed by atoms with E-state index in [4.69, 9.17) is 14.9 Å². The molecule has 0 bridgehead atoms. The number of ether oxygens (including phenoxy) is 1. The summed E-state index contributed by atoms with van der Waals surface area (Å²) in [6.07, 6.45) is 1.97. The molecule has 2 unspecified atom stereocenters. The molecule has 0 aromatic heterocycles. The number of hydrogen-bond donors (Lipinski definition) is 3. The first-order valence-corrected chi connectivity index (χ1v) is 4.78. The van der Waals surface area contributed by atoms with Crippen LogP contribution in [0.4, 0.5) is 0 Å². The number of aliphatic hydroxyl groups excluding tert-OH is 2. The van der Waals surface area contributed by atoms with E-state index in [0.717, 1.165) is 12.8 Å². The second-order valence-electron chi connectivity index (χ2n) is 3.03. The predicted octanol–water partition coefficient (Wildman–Crippen LogP) is -0.256. The molecule has 0 heterocycles. The molecule has 0 amide bonds. The summed E-state index contributed by atoms with van der Waals surface area (Å²) in [5, 5.41) is 20.7. The Balaban J connectivity index is 3.84. The highest BCUT2D eigenvalue weighted by Gasteiger charge is 2.18. The van der Waals surface area contributed by atoms with E-state index in [1.54, 1.807) is 7.11 Å². The zero-order chi connectivity index (χ0) is 10.1. The highest BCUT2D eigenvalue weighted by atomic mass is 16.5. The van der Waals surface area contributed by atoms with Crippen molar-refractivity contribution >= 4 is 0 Å². The van der Waals surface area contributed by atoms with Crippen molar-refractivity contribution < 1.29 is 14.9 Å². The molecule has 4 heteroatoms. The SMILES string of the molecule is CCCC(OC)C(CO)NCCO. The van der Waals surface area contributed by atoms with Crippen molar-refractivity contribution in [3.05, 3.63) is 0 Å². The molecule has 3 N–H and O–H groups in total. The predicted molar refractivity (Wildman–Crippen MR) is 51.7 cm³/mol. The van der Waals surface area contributed by atoms with Crippen LogP contribution in [0.2, 0.25) is 0 Å². The van der Waals surface area contributed by atoms with Crippen molar-refractivity contribution in [1.82, 2.24) is 5.32 Å². The van der Waals surface area contributed by atoms with Crippen LogP contribution in [0.1, 0.15) is 19.8 Å².